The fraction of sp³-hybridized carbons (Fsp3) is 0.294. The Morgan fingerprint density at radius 3 is 2.61 bits per heavy atom. The van der Waals surface area contributed by atoms with E-state index in [1.807, 2.05) is 6.07 Å². The Kier molecular flexibility index (Phi) is 4.32. The molecule has 0 radical (unpaired) electrons. The highest BCUT2D eigenvalue weighted by atomic mass is 16.5. The van der Waals surface area contributed by atoms with Crippen molar-refractivity contribution in [3.8, 4) is 0 Å². The van der Waals surface area contributed by atoms with Gasteiger partial charge in [-0.3, -0.25) is 4.79 Å². The number of nitrogens with zero attached hydrogens (tertiary/aromatic N) is 2. The average molecular weight is 311 g/mol. The van der Waals surface area contributed by atoms with Crippen LogP contribution in [0.2, 0.25) is 0 Å². The minimum atomic E-state index is -0.474. The summed E-state index contributed by atoms with van der Waals surface area (Å²) in [5.74, 6) is -0.390. The number of amides is 1. The van der Waals surface area contributed by atoms with Gasteiger partial charge in [0.25, 0.3) is 5.91 Å². The standard InChI is InChI=1S/C17H17N3O3/c1-2-23-17(22)12-5-3-4-6-14(12)18-16(21)15-10-9-13(19-20-15)11-7-8-11/h3-6,9-11H,2,7-8H2,1H3,(H,18,21). The number of aromatic nitrogens is 2. The van der Waals surface area contributed by atoms with Crippen LogP contribution in [0.5, 0.6) is 0 Å². The molecule has 0 unspecified atom stereocenters. The topological polar surface area (TPSA) is 81.2 Å². The lowest BCUT2D eigenvalue weighted by Crippen LogP contribution is -2.17. The van der Waals surface area contributed by atoms with Gasteiger partial charge in [-0.25, -0.2) is 4.79 Å². The number of hydrogen-bond acceptors (Lipinski definition) is 5. The predicted molar refractivity (Wildman–Crippen MR) is 84.4 cm³/mol. The van der Waals surface area contributed by atoms with Gasteiger partial charge in [-0.15, -0.1) is 5.10 Å². The van der Waals surface area contributed by atoms with Crippen LogP contribution in [0.25, 0.3) is 0 Å². The molecule has 1 aliphatic rings. The molecule has 0 atom stereocenters. The second kappa shape index (κ2) is 6.56. The zero-order valence-electron chi connectivity index (χ0n) is 12.8. The zero-order valence-corrected chi connectivity index (χ0v) is 12.8. The van der Waals surface area contributed by atoms with Crippen LogP contribution < -0.4 is 5.32 Å². The van der Waals surface area contributed by atoms with Crippen LogP contribution in [-0.4, -0.2) is 28.7 Å². The molecule has 1 aliphatic carbocycles. The third-order valence-electron chi connectivity index (χ3n) is 3.58. The highest BCUT2D eigenvalue weighted by Crippen LogP contribution is 2.38. The number of ether oxygens (including phenoxy) is 1. The summed E-state index contributed by atoms with van der Waals surface area (Å²) < 4.78 is 4.99. The molecule has 0 saturated heterocycles. The van der Waals surface area contributed by atoms with Crippen LogP contribution >= 0.6 is 0 Å². The van der Waals surface area contributed by atoms with Gasteiger partial charge >= 0.3 is 5.97 Å². The number of carbonyl (C=O) groups is 2. The third kappa shape index (κ3) is 3.53. The molecule has 23 heavy (non-hydrogen) atoms. The molecule has 1 heterocycles. The molecule has 1 saturated carbocycles. The largest absolute Gasteiger partial charge is 0.462 e. The fourth-order valence-corrected chi connectivity index (χ4v) is 2.23. The number of rotatable bonds is 5. The van der Waals surface area contributed by atoms with Crippen molar-refractivity contribution < 1.29 is 14.3 Å². The van der Waals surface area contributed by atoms with Crippen LogP contribution in [0.1, 0.15) is 52.2 Å². The molecule has 0 bridgehead atoms. The second-order valence-electron chi connectivity index (χ2n) is 5.34. The SMILES string of the molecule is CCOC(=O)c1ccccc1NC(=O)c1ccc(C2CC2)nn1. The van der Waals surface area contributed by atoms with Crippen LogP contribution in [0.4, 0.5) is 5.69 Å². The highest BCUT2D eigenvalue weighted by Gasteiger charge is 2.25. The maximum Gasteiger partial charge on any atom is 0.340 e. The van der Waals surface area contributed by atoms with Gasteiger partial charge in [-0.2, -0.15) is 5.10 Å². The second-order valence-corrected chi connectivity index (χ2v) is 5.34. The molecule has 3 rings (SSSR count). The van der Waals surface area contributed by atoms with E-state index >= 15 is 0 Å². The summed E-state index contributed by atoms with van der Waals surface area (Å²) in [5.41, 5.74) is 1.84. The number of nitrogens with one attached hydrogen (secondary N) is 1. The predicted octanol–water partition coefficient (Wildman–Crippen LogP) is 2.78. The Balaban J connectivity index is 1.75. The van der Waals surface area contributed by atoms with Crippen molar-refractivity contribution in [2.24, 2.45) is 0 Å². The number of para-hydroxylation sites is 1. The van der Waals surface area contributed by atoms with Gasteiger partial charge in [-0.05, 0) is 44.0 Å². The molecule has 0 aliphatic heterocycles. The first-order chi connectivity index (χ1) is 11.2. The smallest absolute Gasteiger partial charge is 0.340 e. The summed E-state index contributed by atoms with van der Waals surface area (Å²) in [7, 11) is 0. The quantitative estimate of drug-likeness (QED) is 0.859. The first-order valence-corrected chi connectivity index (χ1v) is 7.60. The molecule has 0 spiro atoms. The average Bonchev–Trinajstić information content (AvgIpc) is 3.40. The van der Waals surface area contributed by atoms with Gasteiger partial charge < -0.3 is 10.1 Å². The van der Waals surface area contributed by atoms with E-state index < -0.39 is 11.9 Å². The Hall–Kier alpha value is -2.76. The Labute approximate surface area is 133 Å². The van der Waals surface area contributed by atoms with Gasteiger partial charge in [0, 0.05) is 5.92 Å². The maximum atomic E-state index is 12.3. The van der Waals surface area contributed by atoms with Gasteiger partial charge in [-0.1, -0.05) is 12.1 Å². The molecule has 2 aromatic rings. The highest BCUT2D eigenvalue weighted by molar-refractivity contribution is 6.06. The lowest BCUT2D eigenvalue weighted by molar-refractivity contribution is 0.0527. The molecule has 1 aromatic carbocycles. The molecule has 118 valence electrons. The van der Waals surface area contributed by atoms with Crippen LogP contribution in [-0.2, 0) is 4.74 Å². The van der Waals surface area contributed by atoms with Gasteiger partial charge in [0.15, 0.2) is 5.69 Å². The summed E-state index contributed by atoms with van der Waals surface area (Å²) in [4.78, 5) is 24.2. The summed E-state index contributed by atoms with van der Waals surface area (Å²) in [6.07, 6.45) is 2.26. The summed E-state index contributed by atoms with van der Waals surface area (Å²) in [6.45, 7) is 2.01. The Morgan fingerprint density at radius 2 is 1.96 bits per heavy atom. The fourth-order valence-electron chi connectivity index (χ4n) is 2.23. The summed E-state index contributed by atoms with van der Waals surface area (Å²) in [6, 6.07) is 10.2. The first-order valence-electron chi connectivity index (χ1n) is 7.60. The van der Waals surface area contributed by atoms with Crippen LogP contribution in [0.15, 0.2) is 36.4 Å². The van der Waals surface area contributed by atoms with Crippen molar-refractivity contribution in [2.45, 2.75) is 25.7 Å². The minimum Gasteiger partial charge on any atom is -0.462 e. The molecular formula is C17H17N3O3. The Bertz CT molecular complexity index is 724. The number of anilines is 1. The van der Waals surface area contributed by atoms with Crippen molar-refractivity contribution in [3.05, 3.63) is 53.3 Å². The molecule has 1 amide bonds. The van der Waals surface area contributed by atoms with Gasteiger partial charge in [0.2, 0.25) is 0 Å². The van der Waals surface area contributed by atoms with Gasteiger partial charge in [0.05, 0.1) is 23.6 Å². The van der Waals surface area contributed by atoms with Crippen LogP contribution in [0.3, 0.4) is 0 Å². The van der Waals surface area contributed by atoms with Crippen LogP contribution in [0, 0.1) is 0 Å². The molecule has 1 N–H and O–H groups in total. The van der Waals surface area contributed by atoms with Gasteiger partial charge in [0.1, 0.15) is 0 Å². The van der Waals surface area contributed by atoms with E-state index in [0.29, 0.717) is 17.2 Å². The van der Waals surface area contributed by atoms with Crippen molar-refractivity contribution >= 4 is 17.6 Å². The summed E-state index contributed by atoms with van der Waals surface area (Å²) >= 11 is 0. The minimum absolute atomic E-state index is 0.216. The molecule has 1 fully saturated rings. The van der Waals surface area contributed by atoms with Crippen molar-refractivity contribution in [2.75, 3.05) is 11.9 Å². The van der Waals surface area contributed by atoms with Crippen molar-refractivity contribution in [3.63, 3.8) is 0 Å². The summed E-state index contributed by atoms with van der Waals surface area (Å²) in [5, 5.41) is 10.7. The van der Waals surface area contributed by atoms with Crippen molar-refractivity contribution in [1.82, 2.24) is 10.2 Å². The molecule has 6 nitrogen and oxygen atoms in total. The van der Waals surface area contributed by atoms with E-state index in [2.05, 4.69) is 15.5 Å². The lowest BCUT2D eigenvalue weighted by atomic mass is 10.1. The molecular weight excluding hydrogens is 294 g/mol. The van der Waals surface area contributed by atoms with E-state index in [1.165, 1.54) is 0 Å². The normalized spacial score (nSPS) is 13.4. The number of hydrogen-bond donors (Lipinski definition) is 1. The molecule has 6 heteroatoms. The van der Waals surface area contributed by atoms with E-state index in [4.69, 9.17) is 4.74 Å². The third-order valence-corrected chi connectivity index (χ3v) is 3.58. The number of carbonyl (C=O) groups excluding carboxylic acids is 2. The van der Waals surface area contributed by atoms with E-state index in [9.17, 15) is 9.59 Å². The molecule has 1 aromatic heterocycles. The van der Waals surface area contributed by atoms with Crippen molar-refractivity contribution in [1.29, 1.82) is 0 Å². The maximum absolute atomic E-state index is 12.3. The van der Waals surface area contributed by atoms with E-state index in [-0.39, 0.29) is 12.3 Å². The lowest BCUT2D eigenvalue weighted by Gasteiger charge is -2.09. The monoisotopic (exact) mass is 311 g/mol. The number of esters is 1. The van der Waals surface area contributed by atoms with E-state index in [1.54, 1.807) is 37.3 Å². The Morgan fingerprint density at radius 1 is 1.17 bits per heavy atom. The first kappa shape index (κ1) is 15.1. The zero-order chi connectivity index (χ0) is 16.2. The van der Waals surface area contributed by atoms with E-state index in [0.717, 1.165) is 18.5 Å². The number of benzene rings is 1.